The number of ketones is 1. The third-order valence-electron chi connectivity index (χ3n) is 3.27. The van der Waals surface area contributed by atoms with Crippen LogP contribution in [0.3, 0.4) is 0 Å². The Morgan fingerprint density at radius 3 is 2.57 bits per heavy atom. The molecule has 6 nitrogen and oxygen atoms in total. The Labute approximate surface area is 133 Å². The zero-order valence-electron chi connectivity index (χ0n) is 13.1. The van der Waals surface area contributed by atoms with E-state index < -0.39 is 18.0 Å². The molecule has 23 heavy (non-hydrogen) atoms. The van der Waals surface area contributed by atoms with Crippen molar-refractivity contribution >= 4 is 23.3 Å². The summed E-state index contributed by atoms with van der Waals surface area (Å²) in [6.45, 7) is 4.55. The van der Waals surface area contributed by atoms with Crippen LogP contribution in [0.25, 0.3) is 0 Å². The predicted molar refractivity (Wildman–Crippen MR) is 83.4 cm³/mol. The standard InChI is InChI=1S/C17H17NO5/c1-10(19)13-5-4-6-14(9-13)18-16(20)12(3)23-17(21)15-7-8-22-11(15)2/h4-9,12H,1-3H3,(H,18,20)/t12-/m1/s1. The summed E-state index contributed by atoms with van der Waals surface area (Å²) < 4.78 is 10.1. The summed E-state index contributed by atoms with van der Waals surface area (Å²) in [4.78, 5) is 35.4. The summed E-state index contributed by atoms with van der Waals surface area (Å²) in [6.07, 6.45) is 0.391. The number of amides is 1. The van der Waals surface area contributed by atoms with Gasteiger partial charge in [0.25, 0.3) is 5.91 Å². The number of carbonyl (C=O) groups is 3. The molecule has 2 aromatic rings. The van der Waals surface area contributed by atoms with Gasteiger partial charge in [-0.25, -0.2) is 4.79 Å². The minimum absolute atomic E-state index is 0.101. The number of hydrogen-bond acceptors (Lipinski definition) is 5. The van der Waals surface area contributed by atoms with Gasteiger partial charge in [-0.05, 0) is 39.0 Å². The Hall–Kier alpha value is -2.89. The number of anilines is 1. The van der Waals surface area contributed by atoms with Crippen LogP contribution in [0.1, 0.15) is 40.3 Å². The molecule has 1 atom stereocenters. The number of carbonyl (C=O) groups excluding carboxylic acids is 3. The molecule has 0 unspecified atom stereocenters. The highest BCUT2D eigenvalue weighted by Crippen LogP contribution is 2.14. The Morgan fingerprint density at radius 1 is 1.22 bits per heavy atom. The van der Waals surface area contributed by atoms with Gasteiger partial charge in [0.1, 0.15) is 11.3 Å². The molecule has 1 heterocycles. The van der Waals surface area contributed by atoms with Crippen LogP contribution in [0.2, 0.25) is 0 Å². The number of Topliss-reactive ketones (excluding diaryl/α,β-unsaturated/α-hetero) is 1. The second kappa shape index (κ2) is 6.91. The van der Waals surface area contributed by atoms with E-state index in [2.05, 4.69) is 5.32 Å². The number of esters is 1. The molecule has 2 rings (SSSR count). The Kier molecular flexibility index (Phi) is 4.95. The molecule has 0 saturated carbocycles. The molecule has 1 aromatic heterocycles. The van der Waals surface area contributed by atoms with E-state index in [1.807, 2.05) is 0 Å². The molecule has 0 aliphatic carbocycles. The molecule has 120 valence electrons. The van der Waals surface area contributed by atoms with Crippen LogP contribution < -0.4 is 5.32 Å². The average Bonchev–Trinajstić information content (AvgIpc) is 2.93. The van der Waals surface area contributed by atoms with Crippen molar-refractivity contribution in [1.29, 1.82) is 0 Å². The van der Waals surface area contributed by atoms with Gasteiger partial charge in [0.05, 0.1) is 6.26 Å². The molecule has 0 radical (unpaired) electrons. The third kappa shape index (κ3) is 4.06. The second-order valence-corrected chi connectivity index (χ2v) is 5.06. The van der Waals surface area contributed by atoms with Gasteiger partial charge in [-0.3, -0.25) is 9.59 Å². The largest absolute Gasteiger partial charge is 0.469 e. The average molecular weight is 315 g/mol. The fourth-order valence-corrected chi connectivity index (χ4v) is 1.93. The molecular formula is C17H17NO5. The predicted octanol–water partition coefficient (Wildman–Crippen LogP) is 2.97. The van der Waals surface area contributed by atoms with Crippen molar-refractivity contribution in [3.8, 4) is 0 Å². The number of nitrogens with one attached hydrogen (secondary N) is 1. The first-order chi connectivity index (χ1) is 10.9. The Morgan fingerprint density at radius 2 is 1.96 bits per heavy atom. The van der Waals surface area contributed by atoms with Crippen molar-refractivity contribution in [2.75, 3.05) is 5.32 Å². The van der Waals surface area contributed by atoms with Crippen molar-refractivity contribution in [2.45, 2.75) is 26.9 Å². The van der Waals surface area contributed by atoms with E-state index in [1.54, 1.807) is 31.2 Å². The fourth-order valence-electron chi connectivity index (χ4n) is 1.93. The molecule has 0 bridgehead atoms. The third-order valence-corrected chi connectivity index (χ3v) is 3.27. The number of furan rings is 1. The summed E-state index contributed by atoms with van der Waals surface area (Å²) in [7, 11) is 0. The van der Waals surface area contributed by atoms with Crippen LogP contribution in [-0.4, -0.2) is 23.8 Å². The van der Waals surface area contributed by atoms with Gasteiger partial charge in [0.2, 0.25) is 0 Å². The van der Waals surface area contributed by atoms with Crippen molar-refractivity contribution in [3.05, 3.63) is 53.5 Å². The van der Waals surface area contributed by atoms with Gasteiger partial charge in [-0.15, -0.1) is 0 Å². The number of ether oxygens (including phenoxy) is 1. The first-order valence-corrected chi connectivity index (χ1v) is 7.05. The topological polar surface area (TPSA) is 85.6 Å². The lowest BCUT2D eigenvalue weighted by molar-refractivity contribution is -0.123. The molecule has 0 spiro atoms. The van der Waals surface area contributed by atoms with E-state index in [1.165, 1.54) is 26.2 Å². The van der Waals surface area contributed by atoms with Gasteiger partial charge in [-0.1, -0.05) is 12.1 Å². The molecule has 0 fully saturated rings. The number of rotatable bonds is 5. The van der Waals surface area contributed by atoms with Crippen LogP contribution in [0.5, 0.6) is 0 Å². The van der Waals surface area contributed by atoms with E-state index in [0.717, 1.165) is 0 Å². The molecular weight excluding hydrogens is 298 g/mol. The van der Waals surface area contributed by atoms with Crippen molar-refractivity contribution in [3.63, 3.8) is 0 Å². The van der Waals surface area contributed by atoms with Crippen LogP contribution in [-0.2, 0) is 9.53 Å². The van der Waals surface area contributed by atoms with E-state index >= 15 is 0 Å². The lowest BCUT2D eigenvalue weighted by Gasteiger charge is -2.13. The summed E-state index contributed by atoms with van der Waals surface area (Å²) in [5, 5.41) is 2.61. The van der Waals surface area contributed by atoms with Gasteiger partial charge >= 0.3 is 5.97 Å². The number of hydrogen-bond donors (Lipinski definition) is 1. The van der Waals surface area contributed by atoms with E-state index in [0.29, 0.717) is 17.0 Å². The highest BCUT2D eigenvalue weighted by atomic mass is 16.5. The van der Waals surface area contributed by atoms with Crippen LogP contribution in [0.4, 0.5) is 5.69 Å². The maximum absolute atomic E-state index is 12.1. The molecule has 1 amide bonds. The maximum atomic E-state index is 12.1. The number of aryl methyl sites for hydroxylation is 1. The fraction of sp³-hybridized carbons (Fsp3) is 0.235. The minimum Gasteiger partial charge on any atom is -0.469 e. The monoisotopic (exact) mass is 315 g/mol. The summed E-state index contributed by atoms with van der Waals surface area (Å²) >= 11 is 0. The maximum Gasteiger partial charge on any atom is 0.342 e. The van der Waals surface area contributed by atoms with Crippen molar-refractivity contribution in [2.24, 2.45) is 0 Å². The first kappa shape index (κ1) is 16.5. The molecule has 1 aromatic carbocycles. The van der Waals surface area contributed by atoms with Gasteiger partial charge < -0.3 is 14.5 Å². The highest BCUT2D eigenvalue weighted by molar-refractivity contribution is 5.99. The quantitative estimate of drug-likeness (QED) is 0.677. The number of benzene rings is 1. The van der Waals surface area contributed by atoms with Gasteiger partial charge in [-0.2, -0.15) is 0 Å². The van der Waals surface area contributed by atoms with Crippen molar-refractivity contribution in [1.82, 2.24) is 0 Å². The zero-order chi connectivity index (χ0) is 17.0. The summed E-state index contributed by atoms with van der Waals surface area (Å²) in [6, 6.07) is 8.02. The lowest BCUT2D eigenvalue weighted by atomic mass is 10.1. The summed E-state index contributed by atoms with van der Waals surface area (Å²) in [5.41, 5.74) is 1.23. The summed E-state index contributed by atoms with van der Waals surface area (Å²) in [5.74, 6) is -0.788. The molecule has 0 aliphatic rings. The molecule has 6 heteroatoms. The van der Waals surface area contributed by atoms with E-state index in [4.69, 9.17) is 9.15 Å². The SMILES string of the molecule is CC(=O)c1cccc(NC(=O)[C@@H](C)OC(=O)c2ccoc2C)c1. The van der Waals surface area contributed by atoms with E-state index in [9.17, 15) is 14.4 Å². The molecule has 0 aliphatic heterocycles. The van der Waals surface area contributed by atoms with Crippen LogP contribution in [0.15, 0.2) is 41.0 Å². The molecule has 0 saturated heterocycles. The first-order valence-electron chi connectivity index (χ1n) is 7.05. The highest BCUT2D eigenvalue weighted by Gasteiger charge is 2.21. The van der Waals surface area contributed by atoms with E-state index in [-0.39, 0.29) is 11.3 Å². The zero-order valence-corrected chi connectivity index (χ0v) is 13.1. The van der Waals surface area contributed by atoms with Crippen LogP contribution in [0, 0.1) is 6.92 Å². The van der Waals surface area contributed by atoms with Gasteiger partial charge in [0.15, 0.2) is 11.9 Å². The van der Waals surface area contributed by atoms with Gasteiger partial charge in [0, 0.05) is 11.3 Å². The Balaban J connectivity index is 2.00. The minimum atomic E-state index is -0.988. The lowest BCUT2D eigenvalue weighted by Crippen LogP contribution is -2.30. The normalized spacial score (nSPS) is 11.6. The molecule has 1 N–H and O–H groups in total. The van der Waals surface area contributed by atoms with Crippen LogP contribution >= 0.6 is 0 Å². The van der Waals surface area contributed by atoms with Crippen molar-refractivity contribution < 1.29 is 23.5 Å². The Bertz CT molecular complexity index is 747. The second-order valence-electron chi connectivity index (χ2n) is 5.06. The smallest absolute Gasteiger partial charge is 0.342 e.